The van der Waals surface area contributed by atoms with Gasteiger partial charge in [-0.1, -0.05) is 25.5 Å². The van der Waals surface area contributed by atoms with Gasteiger partial charge < -0.3 is 15.2 Å². The highest BCUT2D eigenvalue weighted by molar-refractivity contribution is 5.73. The van der Waals surface area contributed by atoms with Gasteiger partial charge in [0.15, 0.2) is 0 Å². The molecule has 0 bridgehead atoms. The van der Waals surface area contributed by atoms with E-state index in [1.807, 2.05) is 12.1 Å². The summed E-state index contributed by atoms with van der Waals surface area (Å²) < 4.78 is 6.43. The van der Waals surface area contributed by atoms with Gasteiger partial charge in [-0.2, -0.15) is 0 Å². The molecule has 23 heavy (non-hydrogen) atoms. The Bertz CT molecular complexity index is 570. The molecular formula is C19H27NO3. The second-order valence-corrected chi connectivity index (χ2v) is 7.58. The summed E-state index contributed by atoms with van der Waals surface area (Å²) in [5.74, 6) is 1.32. The summed E-state index contributed by atoms with van der Waals surface area (Å²) in [6.45, 7) is 6.04. The van der Waals surface area contributed by atoms with Gasteiger partial charge in [0.05, 0.1) is 12.2 Å². The van der Waals surface area contributed by atoms with Gasteiger partial charge in [-0.3, -0.25) is 4.79 Å². The van der Waals surface area contributed by atoms with Gasteiger partial charge in [-0.15, -0.1) is 0 Å². The zero-order valence-corrected chi connectivity index (χ0v) is 14.2. The van der Waals surface area contributed by atoms with Crippen molar-refractivity contribution in [3.05, 3.63) is 29.8 Å². The molecule has 1 aliphatic carbocycles. The number of rotatable bonds is 2. The summed E-state index contributed by atoms with van der Waals surface area (Å²) in [5.41, 5.74) is 0.827. The Kier molecular flexibility index (Phi) is 4.37. The van der Waals surface area contributed by atoms with Crippen LogP contribution in [0.3, 0.4) is 0 Å². The van der Waals surface area contributed by atoms with Crippen LogP contribution in [0.25, 0.3) is 0 Å². The lowest BCUT2D eigenvalue weighted by Gasteiger charge is -2.52. The quantitative estimate of drug-likeness (QED) is 0.877. The molecule has 0 aromatic heterocycles. The molecule has 0 spiro atoms. The third kappa shape index (κ3) is 3.37. The van der Waals surface area contributed by atoms with Gasteiger partial charge in [0.1, 0.15) is 5.75 Å². The number of hydrogen-bond acceptors (Lipinski definition) is 3. The molecule has 5 atom stereocenters. The first-order chi connectivity index (χ1) is 10.9. The predicted molar refractivity (Wildman–Crippen MR) is 89.1 cm³/mol. The van der Waals surface area contributed by atoms with E-state index in [1.54, 1.807) is 19.1 Å². The minimum Gasteiger partial charge on any atom is -0.508 e. The van der Waals surface area contributed by atoms with E-state index in [0.717, 1.165) is 24.8 Å². The molecule has 1 heterocycles. The zero-order chi connectivity index (χ0) is 16.6. The molecular weight excluding hydrogens is 290 g/mol. The Morgan fingerprint density at radius 1 is 1.30 bits per heavy atom. The Morgan fingerprint density at radius 2 is 2.00 bits per heavy atom. The van der Waals surface area contributed by atoms with E-state index in [4.69, 9.17) is 4.74 Å². The van der Waals surface area contributed by atoms with Crippen LogP contribution in [0, 0.1) is 11.8 Å². The van der Waals surface area contributed by atoms with Crippen molar-refractivity contribution in [2.75, 3.05) is 0 Å². The summed E-state index contributed by atoms with van der Waals surface area (Å²) in [5, 5.41) is 12.7. The lowest BCUT2D eigenvalue weighted by atomic mass is 9.66. The summed E-state index contributed by atoms with van der Waals surface area (Å²) in [6, 6.07) is 7.23. The second-order valence-electron chi connectivity index (χ2n) is 7.58. The molecule has 3 rings (SSSR count). The summed E-state index contributed by atoms with van der Waals surface area (Å²) in [4.78, 5) is 11.8. The fourth-order valence-corrected chi connectivity index (χ4v) is 4.43. The molecule has 2 aliphatic rings. The number of amides is 1. The number of phenolic OH excluding ortho intramolecular Hbond substituents is 1. The first kappa shape index (κ1) is 16.3. The number of benzene rings is 1. The van der Waals surface area contributed by atoms with Gasteiger partial charge in [0.2, 0.25) is 5.91 Å². The van der Waals surface area contributed by atoms with Crippen molar-refractivity contribution in [3.8, 4) is 5.75 Å². The maximum Gasteiger partial charge on any atom is 0.217 e. The molecule has 1 aromatic carbocycles. The molecule has 1 saturated carbocycles. The minimum atomic E-state index is -0.239. The Morgan fingerprint density at radius 3 is 2.65 bits per heavy atom. The van der Waals surface area contributed by atoms with Crippen molar-refractivity contribution in [2.24, 2.45) is 11.8 Å². The van der Waals surface area contributed by atoms with Crippen molar-refractivity contribution in [2.45, 2.75) is 64.2 Å². The number of fused-ring (bicyclic) bond motifs is 1. The highest BCUT2D eigenvalue weighted by atomic mass is 16.5. The predicted octanol–water partition coefficient (Wildman–Crippen LogP) is 3.55. The van der Waals surface area contributed by atoms with Gasteiger partial charge in [-0.05, 0) is 43.4 Å². The van der Waals surface area contributed by atoms with Crippen LogP contribution >= 0.6 is 0 Å². The standard InChI is InChI=1S/C19H27NO3/c1-12-4-9-16-17(10-12)23-18(11-19(16,3)20-13(2)21)14-5-7-15(22)8-6-14/h5-8,12,16-18,22H,4,9-11H2,1-3H3,(H,20,21)/t12-,16-,17-,18-,19-/m1/s1. The fourth-order valence-electron chi connectivity index (χ4n) is 4.43. The maximum atomic E-state index is 11.8. The molecule has 1 amide bonds. The molecule has 2 N–H and O–H groups in total. The first-order valence-electron chi connectivity index (χ1n) is 8.60. The Hall–Kier alpha value is -1.55. The van der Waals surface area contributed by atoms with E-state index in [1.165, 1.54) is 6.42 Å². The van der Waals surface area contributed by atoms with Crippen LogP contribution in [0.1, 0.15) is 58.1 Å². The van der Waals surface area contributed by atoms with E-state index >= 15 is 0 Å². The Balaban J connectivity index is 1.88. The SMILES string of the molecule is CC(=O)N[C@]1(C)C[C@H](c2ccc(O)cc2)O[C@@H]2C[C@H](C)CC[C@H]21. The van der Waals surface area contributed by atoms with Crippen LogP contribution in [-0.2, 0) is 9.53 Å². The van der Waals surface area contributed by atoms with Crippen LogP contribution in [0.2, 0.25) is 0 Å². The number of ether oxygens (including phenoxy) is 1. The molecule has 126 valence electrons. The lowest BCUT2D eigenvalue weighted by Crippen LogP contribution is -2.60. The molecule has 2 fully saturated rings. The maximum absolute atomic E-state index is 11.8. The van der Waals surface area contributed by atoms with Crippen LogP contribution in [-0.4, -0.2) is 22.7 Å². The zero-order valence-electron chi connectivity index (χ0n) is 14.2. The van der Waals surface area contributed by atoms with Crippen LogP contribution in [0.5, 0.6) is 5.75 Å². The average molecular weight is 317 g/mol. The summed E-state index contributed by atoms with van der Waals surface area (Å²) >= 11 is 0. The van der Waals surface area contributed by atoms with E-state index in [-0.39, 0.29) is 29.4 Å². The molecule has 4 heteroatoms. The highest BCUT2D eigenvalue weighted by Crippen LogP contribution is 2.47. The van der Waals surface area contributed by atoms with E-state index in [0.29, 0.717) is 11.8 Å². The van der Waals surface area contributed by atoms with Gasteiger partial charge in [-0.25, -0.2) is 0 Å². The molecule has 1 saturated heterocycles. The van der Waals surface area contributed by atoms with E-state index in [9.17, 15) is 9.90 Å². The van der Waals surface area contributed by atoms with Gasteiger partial charge >= 0.3 is 0 Å². The topological polar surface area (TPSA) is 58.6 Å². The normalized spacial score (nSPS) is 37.0. The minimum absolute atomic E-state index is 0.0243. The number of aromatic hydroxyl groups is 1. The average Bonchev–Trinajstić information content (AvgIpc) is 2.46. The molecule has 1 aromatic rings. The first-order valence-corrected chi connectivity index (χ1v) is 8.60. The highest BCUT2D eigenvalue weighted by Gasteiger charge is 2.49. The fraction of sp³-hybridized carbons (Fsp3) is 0.632. The summed E-state index contributed by atoms with van der Waals surface area (Å²) in [7, 11) is 0. The number of hydrogen-bond donors (Lipinski definition) is 2. The number of nitrogens with one attached hydrogen (secondary N) is 1. The van der Waals surface area contributed by atoms with E-state index in [2.05, 4.69) is 19.2 Å². The summed E-state index contributed by atoms with van der Waals surface area (Å²) in [6.07, 6.45) is 4.26. The van der Waals surface area contributed by atoms with Crippen LogP contribution in [0.15, 0.2) is 24.3 Å². The smallest absolute Gasteiger partial charge is 0.217 e. The van der Waals surface area contributed by atoms with Crippen molar-refractivity contribution < 1.29 is 14.6 Å². The molecule has 0 unspecified atom stereocenters. The Labute approximate surface area is 138 Å². The molecule has 4 nitrogen and oxygen atoms in total. The molecule has 1 aliphatic heterocycles. The number of carbonyl (C=O) groups is 1. The van der Waals surface area contributed by atoms with Crippen molar-refractivity contribution in [1.29, 1.82) is 0 Å². The van der Waals surface area contributed by atoms with Crippen molar-refractivity contribution in [3.63, 3.8) is 0 Å². The van der Waals surface area contributed by atoms with E-state index < -0.39 is 0 Å². The molecule has 0 radical (unpaired) electrons. The third-order valence-electron chi connectivity index (χ3n) is 5.55. The van der Waals surface area contributed by atoms with Gasteiger partial charge in [0.25, 0.3) is 0 Å². The largest absolute Gasteiger partial charge is 0.508 e. The van der Waals surface area contributed by atoms with Gasteiger partial charge in [0, 0.05) is 24.8 Å². The van der Waals surface area contributed by atoms with Crippen LogP contribution < -0.4 is 5.32 Å². The third-order valence-corrected chi connectivity index (χ3v) is 5.55. The van der Waals surface area contributed by atoms with Crippen molar-refractivity contribution >= 4 is 5.91 Å². The van der Waals surface area contributed by atoms with Crippen LogP contribution in [0.4, 0.5) is 0 Å². The monoisotopic (exact) mass is 317 g/mol. The number of carbonyl (C=O) groups excluding carboxylic acids is 1. The number of phenols is 1. The lowest BCUT2D eigenvalue weighted by molar-refractivity contribution is -0.153. The van der Waals surface area contributed by atoms with Crippen molar-refractivity contribution in [1.82, 2.24) is 5.32 Å². The second kappa shape index (κ2) is 6.16.